The molecule has 1 fully saturated rings. The van der Waals surface area contributed by atoms with Crippen LogP contribution in [0.4, 0.5) is 14.7 Å². The minimum atomic E-state index is -2.75. The third-order valence-electron chi connectivity index (χ3n) is 3.93. The Morgan fingerprint density at radius 1 is 1.50 bits per heavy atom. The van der Waals surface area contributed by atoms with Gasteiger partial charge in [0.25, 0.3) is 0 Å². The zero-order valence-electron chi connectivity index (χ0n) is 12.0. The molecule has 0 amide bonds. The fraction of sp³-hybridized carbons (Fsp3) is 0.909. The molecule has 0 bridgehead atoms. The molecule has 2 unspecified atom stereocenters. The monoisotopic (exact) mass is 323 g/mol. The second kappa shape index (κ2) is 5.99. The summed E-state index contributed by atoms with van der Waals surface area (Å²) in [5, 5.41) is 38.7. The molecule has 0 saturated carbocycles. The van der Waals surface area contributed by atoms with Gasteiger partial charge in [0.05, 0.1) is 18.8 Å². The zero-order chi connectivity index (χ0) is 16.7. The van der Waals surface area contributed by atoms with E-state index in [1.807, 2.05) is 0 Å². The lowest BCUT2D eigenvalue weighted by Crippen LogP contribution is -2.59. The summed E-state index contributed by atoms with van der Waals surface area (Å²) >= 11 is 0. The fourth-order valence-corrected chi connectivity index (χ4v) is 2.67. The van der Waals surface area contributed by atoms with E-state index in [1.54, 1.807) is 0 Å². The summed E-state index contributed by atoms with van der Waals surface area (Å²) in [5.41, 5.74) is 5.54. The normalized spacial score (nSPS) is 38.7. The molecule has 11 heteroatoms. The average molecular weight is 323 g/mol. The van der Waals surface area contributed by atoms with E-state index in [9.17, 15) is 19.0 Å². The molecule has 1 aliphatic heterocycles. The number of tetrazole rings is 1. The van der Waals surface area contributed by atoms with Gasteiger partial charge in [-0.25, -0.2) is 13.5 Å². The number of anilines is 1. The molecular weight excluding hydrogens is 304 g/mol. The third kappa shape index (κ3) is 2.76. The van der Waals surface area contributed by atoms with Gasteiger partial charge in [0.15, 0.2) is 6.17 Å². The molecule has 0 radical (unpaired) electrons. The predicted molar refractivity (Wildman–Crippen MR) is 68.8 cm³/mol. The van der Waals surface area contributed by atoms with Crippen LogP contribution in [-0.4, -0.2) is 72.5 Å². The Labute approximate surface area is 124 Å². The Morgan fingerprint density at radius 2 is 2.14 bits per heavy atom. The van der Waals surface area contributed by atoms with Crippen LogP contribution in [0, 0.1) is 5.92 Å². The lowest BCUT2D eigenvalue weighted by molar-refractivity contribution is -0.288. The van der Waals surface area contributed by atoms with Crippen LogP contribution in [0.1, 0.15) is 19.9 Å². The molecule has 2 rings (SSSR count). The van der Waals surface area contributed by atoms with Crippen LogP contribution < -0.4 is 5.73 Å². The molecule has 126 valence electrons. The highest BCUT2D eigenvalue weighted by atomic mass is 19.2. The van der Waals surface area contributed by atoms with E-state index >= 15 is 0 Å². The molecule has 1 saturated heterocycles. The Bertz CT molecular complexity index is 516. The summed E-state index contributed by atoms with van der Waals surface area (Å²) < 4.78 is 34.8. The van der Waals surface area contributed by atoms with Crippen LogP contribution in [0.15, 0.2) is 0 Å². The standard InChI is InChI=1S/C11H19F2N5O4/c1-4-6(18-10(14)15-16-17-18)9(12)11(2,13)22-8(4)7(21)5(20)3-19/h4-9,19-21H,3H2,1-2H3,(H2,14,15,17)/t4-,5-,6-,7-,8-,9?,11?/m1/s1. The lowest BCUT2D eigenvalue weighted by atomic mass is 9.82. The lowest BCUT2D eigenvalue weighted by Gasteiger charge is -2.46. The van der Waals surface area contributed by atoms with Gasteiger partial charge < -0.3 is 25.8 Å². The second-order valence-electron chi connectivity index (χ2n) is 5.54. The van der Waals surface area contributed by atoms with Crippen molar-refractivity contribution >= 4 is 5.95 Å². The number of alkyl halides is 2. The molecule has 0 spiro atoms. The van der Waals surface area contributed by atoms with Crippen molar-refractivity contribution in [3.05, 3.63) is 0 Å². The Hall–Kier alpha value is -1.43. The van der Waals surface area contributed by atoms with Gasteiger partial charge in [-0.05, 0) is 17.4 Å². The molecule has 7 atom stereocenters. The number of nitrogen functional groups attached to an aromatic ring is 1. The minimum absolute atomic E-state index is 0.215. The van der Waals surface area contributed by atoms with Crippen molar-refractivity contribution in [3.63, 3.8) is 0 Å². The summed E-state index contributed by atoms with van der Waals surface area (Å²) in [5.74, 6) is -3.80. The van der Waals surface area contributed by atoms with Gasteiger partial charge in [0, 0.05) is 5.92 Å². The number of nitrogens with two attached hydrogens (primary N) is 1. The Morgan fingerprint density at radius 3 is 2.64 bits per heavy atom. The van der Waals surface area contributed by atoms with E-state index in [-0.39, 0.29) is 5.95 Å². The van der Waals surface area contributed by atoms with E-state index in [0.29, 0.717) is 0 Å². The molecule has 0 aromatic carbocycles. The molecule has 0 aliphatic carbocycles. The van der Waals surface area contributed by atoms with E-state index in [1.165, 1.54) is 6.92 Å². The van der Waals surface area contributed by atoms with E-state index in [0.717, 1.165) is 11.6 Å². The van der Waals surface area contributed by atoms with Crippen molar-refractivity contribution in [1.82, 2.24) is 20.2 Å². The summed E-state index contributed by atoms with van der Waals surface area (Å²) in [6.07, 6.45) is -6.63. The number of halogens is 2. The van der Waals surface area contributed by atoms with Gasteiger partial charge in [0.1, 0.15) is 12.2 Å². The molecule has 2 heterocycles. The van der Waals surface area contributed by atoms with Crippen molar-refractivity contribution in [2.75, 3.05) is 12.3 Å². The number of aliphatic hydroxyl groups excluding tert-OH is 3. The number of hydrogen-bond donors (Lipinski definition) is 4. The maximum absolute atomic E-state index is 14.5. The van der Waals surface area contributed by atoms with Crippen LogP contribution in [-0.2, 0) is 4.74 Å². The maximum Gasteiger partial charge on any atom is 0.240 e. The number of nitrogens with zero attached hydrogens (tertiary/aromatic N) is 4. The quantitative estimate of drug-likeness (QED) is 0.529. The predicted octanol–water partition coefficient (Wildman–Crippen LogP) is -1.43. The number of rotatable bonds is 4. The first-order chi connectivity index (χ1) is 10.2. The first kappa shape index (κ1) is 16.9. The molecule has 5 N–H and O–H groups in total. The summed E-state index contributed by atoms with van der Waals surface area (Å²) in [6.45, 7) is 1.58. The van der Waals surface area contributed by atoms with Crippen LogP contribution in [0.2, 0.25) is 0 Å². The first-order valence-electron chi connectivity index (χ1n) is 6.71. The van der Waals surface area contributed by atoms with Gasteiger partial charge >= 0.3 is 0 Å². The van der Waals surface area contributed by atoms with E-state index in [4.69, 9.17) is 15.6 Å². The number of hydrogen-bond acceptors (Lipinski definition) is 8. The minimum Gasteiger partial charge on any atom is -0.394 e. The largest absolute Gasteiger partial charge is 0.394 e. The maximum atomic E-state index is 14.5. The second-order valence-corrected chi connectivity index (χ2v) is 5.54. The molecular formula is C11H19F2N5O4. The van der Waals surface area contributed by atoms with Crippen molar-refractivity contribution < 1.29 is 28.8 Å². The van der Waals surface area contributed by atoms with Crippen LogP contribution in [0.3, 0.4) is 0 Å². The zero-order valence-corrected chi connectivity index (χ0v) is 12.0. The van der Waals surface area contributed by atoms with Crippen LogP contribution >= 0.6 is 0 Å². The molecule has 1 aliphatic rings. The van der Waals surface area contributed by atoms with Crippen molar-refractivity contribution in [2.45, 2.75) is 50.2 Å². The van der Waals surface area contributed by atoms with E-state index < -0.39 is 48.9 Å². The highest BCUT2D eigenvalue weighted by Crippen LogP contribution is 2.44. The van der Waals surface area contributed by atoms with Gasteiger partial charge in [-0.3, -0.25) is 0 Å². The molecule has 9 nitrogen and oxygen atoms in total. The average Bonchev–Trinajstić information content (AvgIpc) is 2.88. The third-order valence-corrected chi connectivity index (χ3v) is 3.93. The van der Waals surface area contributed by atoms with Gasteiger partial charge in [-0.15, -0.1) is 0 Å². The van der Waals surface area contributed by atoms with Crippen molar-refractivity contribution in [1.29, 1.82) is 0 Å². The van der Waals surface area contributed by atoms with Gasteiger partial charge in [-0.1, -0.05) is 12.0 Å². The Balaban J connectivity index is 2.38. The van der Waals surface area contributed by atoms with E-state index in [2.05, 4.69) is 15.5 Å². The number of aliphatic hydroxyl groups is 3. The van der Waals surface area contributed by atoms with Crippen molar-refractivity contribution in [2.24, 2.45) is 5.92 Å². The molecule has 1 aromatic rings. The Kier molecular flexibility index (Phi) is 4.61. The smallest absolute Gasteiger partial charge is 0.240 e. The van der Waals surface area contributed by atoms with Gasteiger partial charge in [0.2, 0.25) is 11.8 Å². The molecule has 22 heavy (non-hydrogen) atoms. The number of ether oxygens (including phenoxy) is 1. The van der Waals surface area contributed by atoms with Crippen molar-refractivity contribution in [3.8, 4) is 0 Å². The molecule has 1 aromatic heterocycles. The highest BCUT2D eigenvalue weighted by molar-refractivity contribution is 5.14. The summed E-state index contributed by atoms with van der Waals surface area (Å²) in [6, 6.07) is -1.25. The first-order valence-corrected chi connectivity index (χ1v) is 6.71. The summed E-state index contributed by atoms with van der Waals surface area (Å²) in [4.78, 5) is 0. The van der Waals surface area contributed by atoms with Crippen LogP contribution in [0.25, 0.3) is 0 Å². The SMILES string of the molecule is C[C@H]1[C@H]([C@H](O)[C@H](O)CO)OC(C)(F)C(F)[C@@H]1n1nnnc1N. The topological polar surface area (TPSA) is 140 Å². The van der Waals surface area contributed by atoms with Crippen LogP contribution in [0.5, 0.6) is 0 Å². The highest BCUT2D eigenvalue weighted by Gasteiger charge is 2.56. The van der Waals surface area contributed by atoms with Gasteiger partial charge in [-0.2, -0.15) is 0 Å². The number of aromatic nitrogens is 4. The summed E-state index contributed by atoms with van der Waals surface area (Å²) in [7, 11) is 0. The fourth-order valence-electron chi connectivity index (χ4n) is 2.67.